The van der Waals surface area contributed by atoms with Crippen molar-refractivity contribution >= 4 is 35.5 Å². The summed E-state index contributed by atoms with van der Waals surface area (Å²) in [7, 11) is 0. The van der Waals surface area contributed by atoms with Crippen LogP contribution in [0.25, 0.3) is 17.1 Å². The van der Waals surface area contributed by atoms with Gasteiger partial charge in [-0.3, -0.25) is 9.36 Å². The summed E-state index contributed by atoms with van der Waals surface area (Å²) in [6.45, 7) is 0. The minimum absolute atomic E-state index is 0.0411. The molecule has 0 aliphatic heterocycles. The lowest BCUT2D eigenvalue weighted by molar-refractivity contribution is -0.118. The number of nitrogens with zero attached hydrogens (tertiary/aromatic N) is 4. The SMILES string of the molecule is O=C(CSc1nnc(-c2ccccc2)n1-c1ccc(Cl)cc1)N/N=C\c1ccc(O)cc1O. The highest BCUT2D eigenvalue weighted by atomic mass is 35.5. The van der Waals surface area contributed by atoms with Gasteiger partial charge in [0.1, 0.15) is 11.5 Å². The van der Waals surface area contributed by atoms with Crippen molar-refractivity contribution < 1.29 is 15.0 Å². The van der Waals surface area contributed by atoms with Crippen LogP contribution in [0.2, 0.25) is 5.02 Å². The third kappa shape index (κ3) is 5.51. The molecule has 0 spiro atoms. The van der Waals surface area contributed by atoms with Gasteiger partial charge < -0.3 is 10.2 Å². The molecule has 3 aromatic carbocycles. The maximum absolute atomic E-state index is 12.3. The largest absolute Gasteiger partial charge is 0.508 e. The first kappa shape index (κ1) is 22.4. The molecule has 0 bridgehead atoms. The summed E-state index contributed by atoms with van der Waals surface area (Å²) in [6.07, 6.45) is 1.29. The van der Waals surface area contributed by atoms with Crippen LogP contribution in [0.5, 0.6) is 11.5 Å². The quantitative estimate of drug-likeness (QED) is 0.207. The Morgan fingerprint density at radius 3 is 2.55 bits per heavy atom. The number of phenolic OH excluding ortho intramolecular Hbond substituents is 2. The standard InChI is InChI=1S/C23H18ClN5O3S/c24-17-7-9-18(10-8-17)29-22(15-4-2-1-3-5-15)27-28-23(29)33-14-21(32)26-25-13-16-6-11-19(30)12-20(16)31/h1-13,30-31H,14H2,(H,26,32)/b25-13-. The molecule has 1 heterocycles. The van der Waals surface area contributed by atoms with Crippen LogP contribution in [0.4, 0.5) is 0 Å². The number of rotatable bonds is 7. The number of amides is 1. The second kappa shape index (κ2) is 10.2. The van der Waals surface area contributed by atoms with Crippen LogP contribution >= 0.6 is 23.4 Å². The normalized spacial score (nSPS) is 11.1. The van der Waals surface area contributed by atoms with E-state index in [4.69, 9.17) is 11.6 Å². The van der Waals surface area contributed by atoms with Gasteiger partial charge in [0.05, 0.1) is 12.0 Å². The topological polar surface area (TPSA) is 113 Å². The number of hydrogen-bond acceptors (Lipinski definition) is 7. The zero-order valence-electron chi connectivity index (χ0n) is 17.1. The molecule has 1 aromatic heterocycles. The van der Waals surface area contributed by atoms with Gasteiger partial charge in [0.2, 0.25) is 0 Å². The van der Waals surface area contributed by atoms with Crippen LogP contribution in [0, 0.1) is 0 Å². The molecule has 166 valence electrons. The lowest BCUT2D eigenvalue weighted by Gasteiger charge is -2.10. The second-order valence-electron chi connectivity index (χ2n) is 6.81. The van der Waals surface area contributed by atoms with E-state index in [0.717, 1.165) is 11.3 Å². The lowest BCUT2D eigenvalue weighted by Crippen LogP contribution is -2.20. The predicted molar refractivity (Wildman–Crippen MR) is 128 cm³/mol. The summed E-state index contributed by atoms with van der Waals surface area (Å²) in [4.78, 5) is 12.3. The summed E-state index contributed by atoms with van der Waals surface area (Å²) in [5, 5.41) is 32.7. The van der Waals surface area contributed by atoms with Gasteiger partial charge in [-0.1, -0.05) is 53.7 Å². The molecule has 0 aliphatic rings. The van der Waals surface area contributed by atoms with E-state index in [1.807, 2.05) is 47.0 Å². The number of nitrogens with one attached hydrogen (secondary N) is 1. The highest BCUT2D eigenvalue weighted by molar-refractivity contribution is 7.99. The third-order valence-corrected chi connectivity index (χ3v) is 5.67. The molecule has 0 saturated heterocycles. The number of aromatic hydroxyl groups is 2. The fourth-order valence-corrected chi connectivity index (χ4v) is 3.81. The average molecular weight is 480 g/mol. The Kier molecular flexibility index (Phi) is 6.92. The highest BCUT2D eigenvalue weighted by Gasteiger charge is 2.17. The van der Waals surface area contributed by atoms with Gasteiger partial charge in [-0.15, -0.1) is 10.2 Å². The molecule has 0 atom stereocenters. The van der Waals surface area contributed by atoms with E-state index in [-0.39, 0.29) is 23.2 Å². The van der Waals surface area contributed by atoms with Gasteiger partial charge in [-0.2, -0.15) is 5.10 Å². The number of aromatic nitrogens is 3. The average Bonchev–Trinajstić information content (AvgIpc) is 3.24. The van der Waals surface area contributed by atoms with Crippen molar-refractivity contribution in [1.29, 1.82) is 0 Å². The number of phenols is 2. The van der Waals surface area contributed by atoms with Crippen molar-refractivity contribution in [3.05, 3.63) is 83.4 Å². The summed E-state index contributed by atoms with van der Waals surface area (Å²) in [5.41, 5.74) is 4.46. The molecule has 0 aliphatic carbocycles. The van der Waals surface area contributed by atoms with Crippen LogP contribution in [0.1, 0.15) is 5.56 Å². The van der Waals surface area contributed by atoms with Crippen LogP contribution in [0.3, 0.4) is 0 Å². The van der Waals surface area contributed by atoms with Crippen LogP contribution in [-0.2, 0) is 4.79 Å². The molecule has 0 unspecified atom stereocenters. The third-order valence-electron chi connectivity index (χ3n) is 4.49. The minimum atomic E-state index is -0.360. The van der Waals surface area contributed by atoms with Crippen molar-refractivity contribution in [2.24, 2.45) is 5.10 Å². The summed E-state index contributed by atoms with van der Waals surface area (Å²) in [6, 6.07) is 21.0. The van der Waals surface area contributed by atoms with Gasteiger partial charge in [0, 0.05) is 27.9 Å². The van der Waals surface area contributed by atoms with Crippen LogP contribution in [0.15, 0.2) is 83.1 Å². The minimum Gasteiger partial charge on any atom is -0.508 e. The zero-order chi connectivity index (χ0) is 23.2. The maximum atomic E-state index is 12.3. The van der Waals surface area contributed by atoms with Crippen molar-refractivity contribution in [3.63, 3.8) is 0 Å². The van der Waals surface area contributed by atoms with E-state index < -0.39 is 0 Å². The van der Waals surface area contributed by atoms with E-state index >= 15 is 0 Å². The fraction of sp³-hybridized carbons (Fsp3) is 0.0435. The van der Waals surface area contributed by atoms with Gasteiger partial charge in [0.25, 0.3) is 5.91 Å². The molecule has 0 fully saturated rings. The Morgan fingerprint density at radius 2 is 1.82 bits per heavy atom. The smallest absolute Gasteiger partial charge is 0.250 e. The molecular weight excluding hydrogens is 462 g/mol. The van der Waals surface area contributed by atoms with Gasteiger partial charge in [-0.25, -0.2) is 5.43 Å². The van der Waals surface area contributed by atoms with E-state index in [1.54, 1.807) is 12.1 Å². The van der Waals surface area contributed by atoms with Crippen LogP contribution in [-0.4, -0.2) is 42.9 Å². The van der Waals surface area contributed by atoms with Crippen molar-refractivity contribution in [1.82, 2.24) is 20.2 Å². The molecule has 0 radical (unpaired) electrons. The number of hydrogen-bond donors (Lipinski definition) is 3. The first-order valence-electron chi connectivity index (χ1n) is 9.75. The molecule has 33 heavy (non-hydrogen) atoms. The number of hydrazone groups is 1. The van der Waals surface area contributed by atoms with E-state index in [9.17, 15) is 15.0 Å². The van der Waals surface area contributed by atoms with E-state index in [0.29, 0.717) is 21.6 Å². The number of thioether (sulfide) groups is 1. The first-order valence-corrected chi connectivity index (χ1v) is 11.1. The Bertz CT molecular complexity index is 1290. The van der Waals surface area contributed by atoms with Crippen molar-refractivity contribution in [2.45, 2.75) is 5.16 Å². The zero-order valence-corrected chi connectivity index (χ0v) is 18.7. The predicted octanol–water partition coefficient (Wildman–Crippen LogP) is 4.24. The summed E-state index contributed by atoms with van der Waals surface area (Å²) < 4.78 is 1.86. The Balaban J connectivity index is 1.49. The highest BCUT2D eigenvalue weighted by Crippen LogP contribution is 2.28. The lowest BCUT2D eigenvalue weighted by atomic mass is 10.2. The number of halogens is 1. The molecular formula is C23H18ClN5O3S. The molecule has 1 amide bonds. The van der Waals surface area contributed by atoms with Crippen molar-refractivity contribution in [2.75, 3.05) is 5.75 Å². The molecule has 4 aromatic rings. The van der Waals surface area contributed by atoms with Gasteiger partial charge in [0.15, 0.2) is 11.0 Å². The van der Waals surface area contributed by atoms with Gasteiger partial charge in [-0.05, 0) is 36.4 Å². The molecule has 4 rings (SSSR count). The first-order chi connectivity index (χ1) is 16.0. The molecule has 3 N–H and O–H groups in total. The molecule has 10 heteroatoms. The number of benzene rings is 3. The molecule has 8 nitrogen and oxygen atoms in total. The maximum Gasteiger partial charge on any atom is 0.250 e. The van der Waals surface area contributed by atoms with Crippen LogP contribution < -0.4 is 5.43 Å². The Morgan fingerprint density at radius 1 is 1.06 bits per heavy atom. The fourth-order valence-electron chi connectivity index (χ4n) is 2.94. The second-order valence-corrected chi connectivity index (χ2v) is 8.19. The number of carbonyl (C=O) groups is 1. The Hall–Kier alpha value is -3.82. The summed E-state index contributed by atoms with van der Waals surface area (Å²) >= 11 is 7.25. The van der Waals surface area contributed by atoms with Crippen molar-refractivity contribution in [3.8, 4) is 28.6 Å². The van der Waals surface area contributed by atoms with E-state index in [1.165, 1.54) is 36.2 Å². The van der Waals surface area contributed by atoms with Gasteiger partial charge >= 0.3 is 0 Å². The summed E-state index contributed by atoms with van der Waals surface area (Å²) in [5.74, 6) is 0.110. The Labute approximate surface area is 198 Å². The van der Waals surface area contributed by atoms with E-state index in [2.05, 4.69) is 20.7 Å². The number of carbonyl (C=O) groups excluding carboxylic acids is 1. The monoisotopic (exact) mass is 479 g/mol. The molecule has 0 saturated carbocycles.